The van der Waals surface area contributed by atoms with Gasteiger partial charge in [0.1, 0.15) is 5.65 Å². The van der Waals surface area contributed by atoms with Crippen molar-refractivity contribution >= 4 is 11.0 Å². The Bertz CT molecular complexity index is 386. The second kappa shape index (κ2) is 2.85. The maximum absolute atomic E-state index is 5.25. The summed E-state index contributed by atoms with van der Waals surface area (Å²) in [6, 6.07) is 5.85. The van der Waals surface area contributed by atoms with Gasteiger partial charge in [0.15, 0.2) is 0 Å². The minimum Gasteiger partial charge on any atom is -0.478 e. The van der Waals surface area contributed by atoms with Crippen molar-refractivity contribution in [3.8, 4) is 5.88 Å². The third-order valence-corrected chi connectivity index (χ3v) is 1.68. The Morgan fingerprint density at radius 2 is 2.42 bits per heavy atom. The average molecular weight is 164 g/mol. The molecule has 0 saturated carbocycles. The molecule has 0 amide bonds. The van der Waals surface area contributed by atoms with Crippen LogP contribution in [0, 0.1) is 0 Å². The number of hydrogen-bond acceptors (Lipinski definition) is 2. The summed E-state index contributed by atoms with van der Waals surface area (Å²) in [5, 5.41) is 1.11. The summed E-state index contributed by atoms with van der Waals surface area (Å²) < 4.78 is 5.25. The molecule has 64 valence electrons. The number of pyridine rings is 1. The molecule has 2 aromatic heterocycles. The maximum Gasteiger partial charge on any atom is 0.215 e. The fraction of sp³-hybridized carbons (Fsp3) is 0.222. The number of hydrogen-bond donors (Lipinski definition) is 1. The van der Waals surface area contributed by atoms with E-state index in [0.29, 0.717) is 12.5 Å². The molecular weight excluding hydrogens is 152 g/mol. The Morgan fingerprint density at radius 3 is 3.25 bits per heavy atom. The van der Waals surface area contributed by atoms with E-state index in [4.69, 9.17) is 4.74 Å². The van der Waals surface area contributed by atoms with Crippen LogP contribution < -0.4 is 4.74 Å². The van der Waals surface area contributed by atoms with Crippen molar-refractivity contribution in [1.29, 1.82) is 0 Å². The minimum atomic E-state index is 0. The van der Waals surface area contributed by atoms with Crippen LogP contribution in [0.25, 0.3) is 11.0 Å². The Hall–Kier alpha value is -1.51. The molecule has 3 nitrogen and oxygen atoms in total. The van der Waals surface area contributed by atoms with Gasteiger partial charge in [-0.25, -0.2) is 0 Å². The maximum atomic E-state index is 5.25. The second-order valence-corrected chi connectivity index (χ2v) is 2.50. The van der Waals surface area contributed by atoms with Crippen molar-refractivity contribution < 1.29 is 6.16 Å². The van der Waals surface area contributed by atoms with Gasteiger partial charge in [-0.2, -0.15) is 4.98 Å². The van der Waals surface area contributed by atoms with Crippen molar-refractivity contribution in [3.05, 3.63) is 24.4 Å². The van der Waals surface area contributed by atoms with E-state index in [9.17, 15) is 0 Å². The monoisotopic (exact) mass is 164 g/mol. The number of nitrogens with zero attached hydrogens (tertiary/aromatic N) is 1. The molecule has 0 aliphatic heterocycles. The molecule has 3 heteroatoms. The van der Waals surface area contributed by atoms with Crippen molar-refractivity contribution in [2.24, 2.45) is 0 Å². The van der Waals surface area contributed by atoms with E-state index < -0.39 is 0 Å². The molecule has 0 aromatic carbocycles. The zero-order chi connectivity index (χ0) is 8.39. The van der Waals surface area contributed by atoms with E-state index >= 15 is 0 Å². The summed E-state index contributed by atoms with van der Waals surface area (Å²) in [5.74, 6) is 0.674. The van der Waals surface area contributed by atoms with E-state index in [-0.39, 0.29) is 1.43 Å². The first-order chi connectivity index (χ1) is 5.90. The van der Waals surface area contributed by atoms with Crippen LogP contribution in [-0.2, 0) is 0 Å². The molecule has 0 aliphatic rings. The summed E-state index contributed by atoms with van der Waals surface area (Å²) in [4.78, 5) is 7.27. The van der Waals surface area contributed by atoms with Gasteiger partial charge in [-0.05, 0) is 19.1 Å². The van der Waals surface area contributed by atoms with Gasteiger partial charge < -0.3 is 9.72 Å². The van der Waals surface area contributed by atoms with Gasteiger partial charge in [-0.1, -0.05) is 0 Å². The van der Waals surface area contributed by atoms with Gasteiger partial charge in [0.05, 0.1) is 6.61 Å². The van der Waals surface area contributed by atoms with Crippen LogP contribution in [0.3, 0.4) is 0 Å². The first-order valence-corrected chi connectivity index (χ1v) is 3.97. The molecule has 2 aromatic rings. The smallest absolute Gasteiger partial charge is 0.215 e. The fourth-order valence-electron chi connectivity index (χ4n) is 1.14. The summed E-state index contributed by atoms with van der Waals surface area (Å²) in [7, 11) is 0. The van der Waals surface area contributed by atoms with Crippen LogP contribution in [0.15, 0.2) is 24.4 Å². The van der Waals surface area contributed by atoms with Gasteiger partial charge in [0, 0.05) is 19.1 Å². The van der Waals surface area contributed by atoms with Crippen molar-refractivity contribution in [2.45, 2.75) is 6.92 Å². The number of H-pyrrole nitrogens is 1. The van der Waals surface area contributed by atoms with Gasteiger partial charge in [-0.15, -0.1) is 0 Å². The van der Waals surface area contributed by atoms with Gasteiger partial charge in [-0.3, -0.25) is 0 Å². The standard InChI is InChI=1S/C9H10N2O.H2/c1-2-12-8-4-3-7-5-6-10-9(7)11-8;/h3-6H,2H2,1H3,(H,10,11);1H. The number of ether oxygens (including phenoxy) is 1. The zero-order valence-corrected chi connectivity index (χ0v) is 6.87. The van der Waals surface area contributed by atoms with E-state index in [2.05, 4.69) is 9.97 Å². The molecule has 0 saturated heterocycles. The quantitative estimate of drug-likeness (QED) is 0.738. The highest BCUT2D eigenvalue weighted by molar-refractivity contribution is 5.75. The van der Waals surface area contributed by atoms with Crippen LogP contribution in [0.1, 0.15) is 8.35 Å². The van der Waals surface area contributed by atoms with Gasteiger partial charge >= 0.3 is 0 Å². The second-order valence-electron chi connectivity index (χ2n) is 2.50. The van der Waals surface area contributed by atoms with Crippen molar-refractivity contribution in [2.75, 3.05) is 6.61 Å². The lowest BCUT2D eigenvalue weighted by atomic mass is 10.3. The molecule has 0 atom stereocenters. The highest BCUT2D eigenvalue weighted by Crippen LogP contribution is 2.14. The number of aromatic amines is 1. The van der Waals surface area contributed by atoms with E-state index in [1.807, 2.05) is 31.3 Å². The first kappa shape index (κ1) is 7.16. The summed E-state index contributed by atoms with van der Waals surface area (Å²) >= 11 is 0. The molecule has 2 rings (SSSR count). The first-order valence-electron chi connectivity index (χ1n) is 3.97. The van der Waals surface area contributed by atoms with Crippen LogP contribution in [-0.4, -0.2) is 16.6 Å². The molecule has 2 heterocycles. The lowest BCUT2D eigenvalue weighted by Gasteiger charge is -1.99. The highest BCUT2D eigenvalue weighted by Gasteiger charge is 1.97. The van der Waals surface area contributed by atoms with Crippen LogP contribution in [0.5, 0.6) is 5.88 Å². The van der Waals surface area contributed by atoms with Crippen molar-refractivity contribution in [3.63, 3.8) is 0 Å². The SMILES string of the molecule is CCOc1ccc2cc[nH]c2n1.[HH]. The molecule has 0 radical (unpaired) electrons. The Kier molecular flexibility index (Phi) is 1.70. The Labute approximate surface area is 71.9 Å². The van der Waals surface area contributed by atoms with Crippen LogP contribution >= 0.6 is 0 Å². The number of rotatable bonds is 2. The van der Waals surface area contributed by atoms with Crippen molar-refractivity contribution in [1.82, 2.24) is 9.97 Å². The third-order valence-electron chi connectivity index (χ3n) is 1.68. The molecule has 0 fully saturated rings. The zero-order valence-electron chi connectivity index (χ0n) is 6.87. The fourth-order valence-corrected chi connectivity index (χ4v) is 1.14. The Morgan fingerprint density at radius 1 is 1.50 bits per heavy atom. The van der Waals surface area contributed by atoms with E-state index in [1.54, 1.807) is 0 Å². The number of nitrogens with one attached hydrogen (secondary N) is 1. The lowest BCUT2D eigenvalue weighted by Crippen LogP contribution is -1.93. The summed E-state index contributed by atoms with van der Waals surface area (Å²) in [6.45, 7) is 2.60. The topological polar surface area (TPSA) is 37.9 Å². The summed E-state index contributed by atoms with van der Waals surface area (Å²) in [6.07, 6.45) is 1.87. The third kappa shape index (κ3) is 1.13. The molecule has 0 bridgehead atoms. The molecule has 0 aliphatic carbocycles. The normalized spacial score (nSPS) is 10.4. The van der Waals surface area contributed by atoms with E-state index in [0.717, 1.165) is 11.0 Å². The predicted octanol–water partition coefficient (Wildman–Crippen LogP) is 2.21. The summed E-state index contributed by atoms with van der Waals surface area (Å²) in [5.41, 5.74) is 0.876. The highest BCUT2D eigenvalue weighted by atomic mass is 16.5. The molecule has 12 heavy (non-hydrogen) atoms. The number of aromatic nitrogens is 2. The average Bonchev–Trinajstić information content (AvgIpc) is 2.51. The minimum absolute atomic E-state index is 0. The molecular formula is C9H12N2O. The predicted molar refractivity (Wildman–Crippen MR) is 49.4 cm³/mol. The lowest BCUT2D eigenvalue weighted by molar-refractivity contribution is 0.328. The molecule has 0 unspecified atom stereocenters. The van der Waals surface area contributed by atoms with E-state index in [1.165, 1.54) is 0 Å². The molecule has 0 spiro atoms. The van der Waals surface area contributed by atoms with Crippen LogP contribution in [0.2, 0.25) is 0 Å². The van der Waals surface area contributed by atoms with Gasteiger partial charge in [0.25, 0.3) is 0 Å². The number of fused-ring (bicyclic) bond motifs is 1. The Balaban J connectivity index is 0.000000845. The van der Waals surface area contributed by atoms with Gasteiger partial charge in [0.2, 0.25) is 5.88 Å². The molecule has 1 N–H and O–H groups in total. The van der Waals surface area contributed by atoms with Crippen LogP contribution in [0.4, 0.5) is 0 Å². The largest absolute Gasteiger partial charge is 0.478 e.